The summed E-state index contributed by atoms with van der Waals surface area (Å²) in [7, 11) is 0. The van der Waals surface area contributed by atoms with Crippen molar-refractivity contribution in [2.75, 3.05) is 0 Å². The molecule has 2 nitrogen and oxygen atoms in total. The van der Waals surface area contributed by atoms with Gasteiger partial charge in [-0.15, -0.1) is 0 Å². The van der Waals surface area contributed by atoms with E-state index >= 15 is 0 Å². The number of rotatable bonds is 2. The van der Waals surface area contributed by atoms with E-state index in [2.05, 4.69) is 4.98 Å². The molecule has 0 saturated carbocycles. The van der Waals surface area contributed by atoms with Crippen LogP contribution in [0.4, 0.5) is 8.78 Å². The zero-order chi connectivity index (χ0) is 11.7. The molecule has 2 rings (SSSR count). The van der Waals surface area contributed by atoms with E-state index in [1.807, 2.05) is 0 Å². The average Bonchev–Trinajstić information content (AvgIpc) is 2.77. The second-order valence-electron chi connectivity index (χ2n) is 3.62. The van der Waals surface area contributed by atoms with E-state index < -0.39 is 17.7 Å². The Morgan fingerprint density at radius 3 is 2.62 bits per heavy atom. The van der Waals surface area contributed by atoms with Crippen LogP contribution in [0.15, 0.2) is 30.5 Å². The molecule has 0 bridgehead atoms. The Balaban J connectivity index is 2.52. The lowest BCUT2D eigenvalue weighted by Crippen LogP contribution is -2.07. The lowest BCUT2D eigenvalue weighted by Gasteiger charge is -2.12. The van der Waals surface area contributed by atoms with E-state index in [-0.39, 0.29) is 5.56 Å². The van der Waals surface area contributed by atoms with E-state index in [1.54, 1.807) is 18.3 Å². The molecule has 2 N–H and O–H groups in total. The number of aromatic nitrogens is 1. The Morgan fingerprint density at radius 2 is 2.00 bits per heavy atom. The summed E-state index contributed by atoms with van der Waals surface area (Å²) in [5.74, 6) is -1.45. The van der Waals surface area contributed by atoms with Gasteiger partial charge in [-0.25, -0.2) is 8.78 Å². The van der Waals surface area contributed by atoms with Crippen LogP contribution >= 0.6 is 0 Å². The van der Waals surface area contributed by atoms with Crippen molar-refractivity contribution in [3.63, 3.8) is 0 Å². The first-order valence-corrected chi connectivity index (χ1v) is 4.87. The third kappa shape index (κ3) is 1.72. The second-order valence-corrected chi connectivity index (χ2v) is 3.62. The van der Waals surface area contributed by atoms with Gasteiger partial charge in [0.15, 0.2) is 0 Å². The van der Waals surface area contributed by atoms with Gasteiger partial charge in [0.1, 0.15) is 17.7 Å². The predicted octanol–water partition coefficient (Wildman–Crippen LogP) is 2.68. The highest BCUT2D eigenvalue weighted by atomic mass is 19.1. The van der Waals surface area contributed by atoms with Gasteiger partial charge in [0.25, 0.3) is 0 Å². The van der Waals surface area contributed by atoms with Crippen molar-refractivity contribution < 1.29 is 13.9 Å². The van der Waals surface area contributed by atoms with Crippen LogP contribution in [-0.2, 0) is 0 Å². The Labute approximate surface area is 91.6 Å². The maximum absolute atomic E-state index is 13.7. The van der Waals surface area contributed by atoms with Crippen LogP contribution in [0.5, 0.6) is 0 Å². The predicted molar refractivity (Wildman–Crippen MR) is 55.9 cm³/mol. The minimum atomic E-state index is -1.31. The van der Waals surface area contributed by atoms with Gasteiger partial charge in [0, 0.05) is 11.9 Å². The first-order valence-electron chi connectivity index (χ1n) is 4.87. The molecule has 1 heterocycles. The molecule has 0 aliphatic carbocycles. The van der Waals surface area contributed by atoms with Crippen molar-refractivity contribution in [2.24, 2.45) is 0 Å². The molecule has 1 unspecified atom stereocenters. The normalized spacial score (nSPS) is 12.8. The number of hydrogen-bond acceptors (Lipinski definition) is 1. The molecule has 0 aliphatic rings. The SMILES string of the molecule is Cc1ccc(F)c(C(O)c2ccc[nH]2)c1F. The molecule has 0 fully saturated rings. The quantitative estimate of drug-likeness (QED) is 0.806. The summed E-state index contributed by atoms with van der Waals surface area (Å²) in [6.45, 7) is 1.53. The van der Waals surface area contributed by atoms with Gasteiger partial charge >= 0.3 is 0 Å². The van der Waals surface area contributed by atoms with Crippen LogP contribution in [0.3, 0.4) is 0 Å². The number of hydrogen-bond donors (Lipinski definition) is 2. The molecule has 0 radical (unpaired) electrons. The molecule has 0 saturated heterocycles. The first kappa shape index (κ1) is 10.8. The summed E-state index contributed by atoms with van der Waals surface area (Å²) in [5, 5.41) is 9.86. The van der Waals surface area contributed by atoms with E-state index in [0.29, 0.717) is 11.3 Å². The Bertz CT molecular complexity index is 494. The fourth-order valence-corrected chi connectivity index (χ4v) is 1.60. The number of halogens is 2. The molecule has 2 aromatic rings. The van der Waals surface area contributed by atoms with Crippen LogP contribution in [0.1, 0.15) is 22.9 Å². The number of nitrogens with one attached hydrogen (secondary N) is 1. The number of aliphatic hydroxyl groups excluding tert-OH is 1. The molecule has 1 aromatic heterocycles. The van der Waals surface area contributed by atoms with Gasteiger partial charge in [-0.05, 0) is 30.7 Å². The van der Waals surface area contributed by atoms with Crippen LogP contribution in [0, 0.1) is 18.6 Å². The Hall–Kier alpha value is -1.68. The second kappa shape index (κ2) is 4.06. The molecule has 4 heteroatoms. The van der Waals surface area contributed by atoms with Crippen LogP contribution in [0.2, 0.25) is 0 Å². The average molecular weight is 223 g/mol. The van der Waals surface area contributed by atoms with Crippen molar-refractivity contribution in [1.82, 2.24) is 4.98 Å². The molecule has 0 aliphatic heterocycles. The van der Waals surface area contributed by atoms with Gasteiger partial charge in [-0.2, -0.15) is 0 Å². The van der Waals surface area contributed by atoms with E-state index in [4.69, 9.17) is 0 Å². The fraction of sp³-hybridized carbons (Fsp3) is 0.167. The maximum atomic E-state index is 13.7. The number of aliphatic hydroxyl groups is 1. The monoisotopic (exact) mass is 223 g/mol. The highest BCUT2D eigenvalue weighted by molar-refractivity contribution is 5.32. The highest BCUT2D eigenvalue weighted by Crippen LogP contribution is 2.27. The third-order valence-electron chi connectivity index (χ3n) is 2.51. The lowest BCUT2D eigenvalue weighted by atomic mass is 10.0. The van der Waals surface area contributed by atoms with Gasteiger partial charge in [-0.1, -0.05) is 6.07 Å². The van der Waals surface area contributed by atoms with Crippen molar-refractivity contribution in [1.29, 1.82) is 0 Å². The number of benzene rings is 1. The van der Waals surface area contributed by atoms with Crippen molar-refractivity contribution in [3.05, 3.63) is 58.9 Å². The van der Waals surface area contributed by atoms with Crippen LogP contribution in [0.25, 0.3) is 0 Å². The minimum Gasteiger partial charge on any atom is -0.382 e. The molecule has 1 atom stereocenters. The summed E-state index contributed by atoms with van der Waals surface area (Å²) in [6, 6.07) is 5.73. The van der Waals surface area contributed by atoms with E-state index in [9.17, 15) is 13.9 Å². The van der Waals surface area contributed by atoms with Gasteiger partial charge in [-0.3, -0.25) is 0 Å². The lowest BCUT2D eigenvalue weighted by molar-refractivity contribution is 0.204. The van der Waals surface area contributed by atoms with Crippen molar-refractivity contribution in [2.45, 2.75) is 13.0 Å². The fourth-order valence-electron chi connectivity index (χ4n) is 1.60. The van der Waals surface area contributed by atoms with E-state index in [0.717, 1.165) is 6.07 Å². The largest absolute Gasteiger partial charge is 0.382 e. The molecule has 84 valence electrons. The van der Waals surface area contributed by atoms with Gasteiger partial charge in [0.2, 0.25) is 0 Å². The molecule has 0 amide bonds. The summed E-state index contributed by atoms with van der Waals surface area (Å²) in [6.07, 6.45) is 0.277. The third-order valence-corrected chi connectivity index (χ3v) is 2.51. The number of aromatic amines is 1. The zero-order valence-electron chi connectivity index (χ0n) is 8.67. The van der Waals surface area contributed by atoms with Crippen molar-refractivity contribution >= 4 is 0 Å². The number of H-pyrrole nitrogens is 1. The van der Waals surface area contributed by atoms with Crippen molar-refractivity contribution in [3.8, 4) is 0 Å². The summed E-state index contributed by atoms with van der Waals surface area (Å²) in [5.41, 5.74) is 0.354. The molecule has 0 spiro atoms. The van der Waals surface area contributed by atoms with Crippen LogP contribution in [-0.4, -0.2) is 10.1 Å². The number of aryl methyl sites for hydroxylation is 1. The standard InChI is InChI=1S/C12H11F2NO/c1-7-4-5-8(13)10(11(7)14)12(16)9-3-2-6-15-9/h2-6,12,15-16H,1H3. The first-order chi connectivity index (χ1) is 7.61. The zero-order valence-corrected chi connectivity index (χ0v) is 8.67. The summed E-state index contributed by atoms with van der Waals surface area (Å²) < 4.78 is 27.1. The molecule has 16 heavy (non-hydrogen) atoms. The topological polar surface area (TPSA) is 36.0 Å². The summed E-state index contributed by atoms with van der Waals surface area (Å²) >= 11 is 0. The maximum Gasteiger partial charge on any atom is 0.135 e. The molecule has 1 aromatic carbocycles. The highest BCUT2D eigenvalue weighted by Gasteiger charge is 2.21. The van der Waals surface area contributed by atoms with Gasteiger partial charge < -0.3 is 10.1 Å². The molecular weight excluding hydrogens is 212 g/mol. The smallest absolute Gasteiger partial charge is 0.135 e. The van der Waals surface area contributed by atoms with Crippen LogP contribution < -0.4 is 0 Å². The minimum absolute atomic E-state index is 0.307. The van der Waals surface area contributed by atoms with Gasteiger partial charge in [0.05, 0.1) is 5.56 Å². The Kier molecular flexibility index (Phi) is 2.75. The Morgan fingerprint density at radius 1 is 1.25 bits per heavy atom. The van der Waals surface area contributed by atoms with E-state index in [1.165, 1.54) is 13.0 Å². The molecular formula is C12H11F2NO. The summed E-state index contributed by atoms with van der Waals surface area (Å²) in [4.78, 5) is 2.73.